The maximum atomic E-state index is 8.93. The second kappa shape index (κ2) is 16.8. The summed E-state index contributed by atoms with van der Waals surface area (Å²) in [7, 11) is 0. The summed E-state index contributed by atoms with van der Waals surface area (Å²) in [5.41, 5.74) is 0. The van der Waals surface area contributed by atoms with Crippen molar-refractivity contribution in [1.82, 2.24) is 0 Å². The van der Waals surface area contributed by atoms with Crippen LogP contribution in [0.5, 0.6) is 0 Å². The van der Waals surface area contributed by atoms with Crippen LogP contribution in [0.2, 0.25) is 0 Å². The predicted molar refractivity (Wildman–Crippen MR) is 18.7 cm³/mol. The molecule has 0 aromatic rings. The van der Waals surface area contributed by atoms with Crippen molar-refractivity contribution in [3.63, 3.8) is 0 Å². The topological polar surface area (TPSA) is 118 Å². The average Bonchev–Trinajstić information content (AvgIpc) is 1.68. The van der Waals surface area contributed by atoms with Gasteiger partial charge in [0.25, 0.3) is 6.47 Å². The third-order valence-electron chi connectivity index (χ3n) is 0.167. The van der Waals surface area contributed by atoms with E-state index >= 15 is 0 Å². The standard InChI is InChI=1S/C2H2O4.CH2O2.2Na/c3-1(4)2(5)6;2-1-3;;/h(H,3,4)(H,5,6);1H,(H,2,3);;/q;;2*+1/p-2. The third-order valence-corrected chi connectivity index (χ3v) is 0.167. The number of carboxylic acid groups (broad SMARTS) is 3. The number of hydrogen-bond donors (Lipinski definition) is 1. The largest absolute Gasteiger partial charge is 1.00 e. The Balaban J connectivity index is -0.0000000437. The van der Waals surface area contributed by atoms with Crippen LogP contribution in [0.4, 0.5) is 0 Å². The van der Waals surface area contributed by atoms with Crippen molar-refractivity contribution < 1.29 is 88.8 Å². The average molecular weight is 180 g/mol. The van der Waals surface area contributed by atoms with E-state index in [-0.39, 0.29) is 65.6 Å². The molecule has 0 fully saturated rings. The van der Waals surface area contributed by atoms with E-state index in [2.05, 4.69) is 0 Å². The van der Waals surface area contributed by atoms with E-state index in [4.69, 9.17) is 29.7 Å². The van der Waals surface area contributed by atoms with Crippen molar-refractivity contribution in [2.75, 3.05) is 0 Å². The second-order valence-electron chi connectivity index (χ2n) is 0.680. The first-order valence-corrected chi connectivity index (χ1v) is 1.56. The van der Waals surface area contributed by atoms with Gasteiger partial charge >= 0.3 is 59.1 Å². The Hall–Kier alpha value is 0.410. The molecule has 0 bridgehead atoms. The summed E-state index contributed by atoms with van der Waals surface area (Å²) in [5, 5.41) is 24.7. The maximum Gasteiger partial charge on any atom is 1.00 e. The molecule has 0 aliphatic carbocycles. The van der Waals surface area contributed by atoms with Crippen molar-refractivity contribution >= 4 is 18.4 Å². The van der Waals surface area contributed by atoms with Gasteiger partial charge in [-0.1, -0.05) is 0 Å². The minimum Gasteiger partial charge on any atom is -0.543 e. The summed E-state index contributed by atoms with van der Waals surface area (Å²) in [6, 6.07) is 0. The van der Waals surface area contributed by atoms with E-state index in [1.165, 1.54) is 0 Å². The molecule has 0 spiro atoms. The Kier molecular flexibility index (Phi) is 34.4. The normalized spacial score (nSPS) is 5.09. The van der Waals surface area contributed by atoms with Gasteiger partial charge in [0, 0.05) is 0 Å². The van der Waals surface area contributed by atoms with Crippen molar-refractivity contribution in [2.45, 2.75) is 0 Å². The quantitative estimate of drug-likeness (QED) is 0.224. The zero-order valence-electron chi connectivity index (χ0n) is 6.07. The number of carbonyl (C=O) groups is 3. The van der Waals surface area contributed by atoms with Crippen molar-refractivity contribution in [1.29, 1.82) is 0 Å². The molecule has 0 amide bonds. The van der Waals surface area contributed by atoms with Crippen molar-refractivity contribution in [2.24, 2.45) is 0 Å². The minimum atomic E-state index is -2.19. The fraction of sp³-hybridized carbons (Fsp3) is 0. The first kappa shape index (κ1) is 22.5. The molecule has 52 valence electrons. The molecule has 0 heterocycles. The Morgan fingerprint density at radius 2 is 1.18 bits per heavy atom. The Morgan fingerprint density at radius 3 is 1.18 bits per heavy atom. The molecule has 0 aliphatic rings. The molecule has 0 aromatic heterocycles. The van der Waals surface area contributed by atoms with Gasteiger partial charge in [-0.2, -0.15) is 0 Å². The van der Waals surface area contributed by atoms with E-state index in [0.717, 1.165) is 0 Å². The molecular formula is C3H2Na2O6. The van der Waals surface area contributed by atoms with Gasteiger partial charge in [0.1, 0.15) is 0 Å². The van der Waals surface area contributed by atoms with E-state index in [9.17, 15) is 0 Å². The Labute approximate surface area is 106 Å². The van der Waals surface area contributed by atoms with Gasteiger partial charge < -0.3 is 24.9 Å². The number of carboxylic acids is 2. The Morgan fingerprint density at radius 1 is 1.09 bits per heavy atom. The number of rotatable bonds is 0. The number of hydrogen-bond acceptors (Lipinski definition) is 5. The molecule has 8 heteroatoms. The molecule has 0 rings (SSSR count). The SMILES string of the molecule is O=C([O-])C(=O)[O-].O=CO.[Na+].[Na+]. The molecule has 0 saturated carbocycles. The monoisotopic (exact) mass is 180 g/mol. The van der Waals surface area contributed by atoms with Crippen LogP contribution in [0.1, 0.15) is 0 Å². The molecule has 6 nitrogen and oxygen atoms in total. The summed E-state index contributed by atoms with van der Waals surface area (Å²) in [4.78, 5) is 26.2. The molecule has 0 aliphatic heterocycles. The molecule has 11 heavy (non-hydrogen) atoms. The van der Waals surface area contributed by atoms with Crippen LogP contribution < -0.4 is 69.3 Å². The van der Waals surface area contributed by atoms with Gasteiger partial charge in [0.15, 0.2) is 0 Å². The maximum absolute atomic E-state index is 8.93. The van der Waals surface area contributed by atoms with Crippen LogP contribution in [0.25, 0.3) is 0 Å². The molecule has 0 unspecified atom stereocenters. The first-order valence-electron chi connectivity index (χ1n) is 1.56. The molecule has 0 saturated heterocycles. The van der Waals surface area contributed by atoms with Crippen LogP contribution >= 0.6 is 0 Å². The molecule has 0 atom stereocenters. The first-order chi connectivity index (χ1) is 4.06. The molecule has 1 N–H and O–H groups in total. The molecular weight excluding hydrogens is 178 g/mol. The third kappa shape index (κ3) is 37.9. The van der Waals surface area contributed by atoms with Gasteiger partial charge in [0.05, 0.1) is 11.9 Å². The van der Waals surface area contributed by atoms with Crippen LogP contribution in [0, 0.1) is 0 Å². The predicted octanol–water partition coefficient (Wildman–Crippen LogP) is -9.81. The molecule has 0 aromatic carbocycles. The number of carbonyl (C=O) groups excluding carboxylic acids is 2. The smallest absolute Gasteiger partial charge is 0.543 e. The fourth-order valence-corrected chi connectivity index (χ4v) is 0. The van der Waals surface area contributed by atoms with Gasteiger partial charge in [0.2, 0.25) is 0 Å². The van der Waals surface area contributed by atoms with Gasteiger partial charge in [-0.3, -0.25) is 4.79 Å². The van der Waals surface area contributed by atoms with Crippen LogP contribution in [-0.4, -0.2) is 23.5 Å². The van der Waals surface area contributed by atoms with Crippen LogP contribution in [-0.2, 0) is 14.4 Å². The summed E-state index contributed by atoms with van der Waals surface area (Å²) in [5.74, 6) is -4.37. The second-order valence-corrected chi connectivity index (χ2v) is 0.680. The summed E-state index contributed by atoms with van der Waals surface area (Å²) in [6.07, 6.45) is 0. The Bertz CT molecular complexity index is 111. The van der Waals surface area contributed by atoms with Crippen LogP contribution in [0.15, 0.2) is 0 Å². The zero-order chi connectivity index (χ0) is 7.86. The fourth-order valence-electron chi connectivity index (χ4n) is 0. The van der Waals surface area contributed by atoms with E-state index in [1.807, 2.05) is 0 Å². The summed E-state index contributed by atoms with van der Waals surface area (Å²) >= 11 is 0. The van der Waals surface area contributed by atoms with Crippen LogP contribution in [0.3, 0.4) is 0 Å². The van der Waals surface area contributed by atoms with Gasteiger partial charge in [-0.15, -0.1) is 0 Å². The van der Waals surface area contributed by atoms with E-state index < -0.39 is 11.9 Å². The van der Waals surface area contributed by atoms with Crippen molar-refractivity contribution in [3.8, 4) is 0 Å². The summed E-state index contributed by atoms with van der Waals surface area (Å²) in [6.45, 7) is -0.250. The zero-order valence-corrected chi connectivity index (χ0v) is 10.1. The van der Waals surface area contributed by atoms with Gasteiger partial charge in [-0.25, -0.2) is 0 Å². The van der Waals surface area contributed by atoms with Crippen molar-refractivity contribution in [3.05, 3.63) is 0 Å². The van der Waals surface area contributed by atoms with E-state index in [1.54, 1.807) is 0 Å². The minimum absolute atomic E-state index is 0. The number of aliphatic carboxylic acids is 2. The molecule has 0 radical (unpaired) electrons. The van der Waals surface area contributed by atoms with Gasteiger partial charge in [-0.05, 0) is 0 Å². The summed E-state index contributed by atoms with van der Waals surface area (Å²) < 4.78 is 0. The van der Waals surface area contributed by atoms with E-state index in [0.29, 0.717) is 0 Å².